The summed E-state index contributed by atoms with van der Waals surface area (Å²) in [6, 6.07) is 0. The van der Waals surface area contributed by atoms with Gasteiger partial charge in [0.25, 0.3) is 0 Å². The molecule has 14 heteroatoms. The average molecular weight is 844 g/mol. The van der Waals surface area contributed by atoms with E-state index in [1.165, 1.54) is 0 Å². The molecule has 0 aliphatic carbocycles. The molecule has 0 saturated carbocycles. The van der Waals surface area contributed by atoms with Gasteiger partial charge in [0.15, 0.2) is 0 Å². The lowest BCUT2D eigenvalue weighted by Crippen LogP contribution is -3.03. The topological polar surface area (TPSA) is 0 Å². The highest BCUT2D eigenvalue weighted by atomic mass is 30.3. The molecule has 0 saturated heterocycles. The van der Waals surface area contributed by atoms with Gasteiger partial charge in [0.2, 0.25) is 0 Å². The van der Waals surface area contributed by atoms with Gasteiger partial charge in [0, 0.05) is 100 Å². The van der Waals surface area contributed by atoms with Crippen LogP contribution in [0.25, 0.3) is 0 Å². The molecular formula is C30H90Si14. The maximum atomic E-state index is 3.13. The van der Waals surface area contributed by atoms with Gasteiger partial charge in [0.1, 0.15) is 0 Å². The molecule has 0 unspecified atom stereocenters. The molecule has 0 bridgehead atoms. The van der Waals surface area contributed by atoms with E-state index in [9.17, 15) is 0 Å². The molecule has 0 spiro atoms. The Bertz CT molecular complexity index is 872. The van der Waals surface area contributed by atoms with E-state index in [2.05, 4.69) is 196 Å². The van der Waals surface area contributed by atoms with E-state index >= 15 is 0 Å². The van der Waals surface area contributed by atoms with Crippen molar-refractivity contribution in [2.24, 2.45) is 0 Å². The van der Waals surface area contributed by atoms with Gasteiger partial charge in [-0.1, -0.05) is 196 Å². The van der Waals surface area contributed by atoms with Gasteiger partial charge in [0.05, 0.1) is 0 Å². The van der Waals surface area contributed by atoms with Crippen LogP contribution in [0, 0.1) is 0 Å². The van der Waals surface area contributed by atoms with Crippen LogP contribution in [0.15, 0.2) is 0 Å². The molecular weight excluding hydrogens is 754 g/mol. The van der Waals surface area contributed by atoms with Gasteiger partial charge in [-0.2, -0.15) is 0 Å². The van der Waals surface area contributed by atoms with E-state index in [-0.39, 0.29) is 0 Å². The van der Waals surface area contributed by atoms with Crippen LogP contribution < -0.4 is 0 Å². The van der Waals surface area contributed by atoms with Crippen molar-refractivity contribution in [1.82, 2.24) is 0 Å². The predicted molar refractivity (Wildman–Crippen MR) is 256 cm³/mol. The summed E-state index contributed by atoms with van der Waals surface area (Å²) in [5.74, 6) is 0. The highest BCUT2D eigenvalue weighted by molar-refractivity contribution is 8.21. The van der Waals surface area contributed by atoms with Crippen molar-refractivity contribution < 1.29 is 0 Å². The van der Waals surface area contributed by atoms with Gasteiger partial charge in [-0.25, -0.2) is 0 Å². The number of hydrogen-bond acceptors (Lipinski definition) is 0. The Labute approximate surface area is 294 Å². The van der Waals surface area contributed by atoms with Crippen molar-refractivity contribution in [3.8, 4) is 0 Å². The van der Waals surface area contributed by atoms with Gasteiger partial charge in [-0.15, -0.1) is 0 Å². The van der Waals surface area contributed by atoms with E-state index in [4.69, 9.17) is 0 Å². The fraction of sp³-hybridized carbons (Fsp3) is 1.00. The van der Waals surface area contributed by atoms with Crippen LogP contribution in [0.1, 0.15) is 0 Å². The van der Waals surface area contributed by atoms with Crippen LogP contribution in [0.3, 0.4) is 0 Å². The van der Waals surface area contributed by atoms with Crippen molar-refractivity contribution >= 4 is 100 Å². The Morgan fingerprint density at radius 1 is 0.136 bits per heavy atom. The minimum absolute atomic E-state index is 1.34. The molecule has 0 aromatic heterocycles. The van der Waals surface area contributed by atoms with Crippen LogP contribution >= 0.6 is 0 Å². The van der Waals surface area contributed by atoms with Crippen molar-refractivity contribution in [2.75, 3.05) is 0 Å². The Kier molecular flexibility index (Phi) is 13.2. The first-order valence-corrected chi connectivity index (χ1v) is 74.2. The first-order chi connectivity index (χ1) is 18.2. The van der Waals surface area contributed by atoms with E-state index in [1.54, 1.807) is 0 Å². The first kappa shape index (κ1) is 47.0. The van der Waals surface area contributed by atoms with Gasteiger partial charge >= 0.3 is 0 Å². The molecule has 0 atom stereocenters. The second-order valence-corrected chi connectivity index (χ2v) is 191. The van der Waals surface area contributed by atoms with Crippen molar-refractivity contribution in [1.29, 1.82) is 0 Å². The largest absolute Gasteiger partial charge is 0.0739 e. The quantitative estimate of drug-likeness (QED) is 0.162. The third-order valence-corrected chi connectivity index (χ3v) is 391. The number of rotatable bonds is 13. The highest BCUT2D eigenvalue weighted by Gasteiger charge is 2.79. The highest BCUT2D eigenvalue weighted by Crippen LogP contribution is 2.53. The lowest BCUT2D eigenvalue weighted by molar-refractivity contribution is 1.71. The molecule has 266 valence electrons. The number of hydrogen-bond donors (Lipinski definition) is 0. The minimum Gasteiger partial charge on any atom is -0.0739 e. The molecule has 0 nitrogen and oxygen atoms in total. The summed E-state index contributed by atoms with van der Waals surface area (Å²) in [5.41, 5.74) is 0. The lowest BCUT2D eigenvalue weighted by atomic mass is 11.8. The SMILES string of the molecule is C[Si](C)(C)[Si]([Si](C)(C)C)([Si](C)(C)C)[Si](C)(C)[Si](C)(C)[Si](C)(C)[Si](C)(C)[Si](C)(C)[Si](C)(C)[Si]([Si](C)(C)C)([Si](C)(C)C)[Si](C)(C)C. The van der Waals surface area contributed by atoms with Crippen LogP contribution in [0.2, 0.25) is 196 Å². The average Bonchev–Trinajstić information content (AvgIpc) is 2.59. The zero-order valence-electron chi connectivity index (χ0n) is 37.0. The summed E-state index contributed by atoms with van der Waals surface area (Å²) in [7, 11) is -17.2. The molecule has 0 fully saturated rings. The Balaban J connectivity index is 8.30. The molecule has 0 rings (SSSR count). The molecule has 0 aromatic rings. The van der Waals surface area contributed by atoms with E-state index < -0.39 is 100 Å². The molecule has 0 aromatic carbocycles. The van der Waals surface area contributed by atoms with Gasteiger partial charge in [-0.3, -0.25) is 0 Å². The molecule has 0 aliphatic rings. The lowest BCUT2D eigenvalue weighted by Gasteiger charge is -2.74. The van der Waals surface area contributed by atoms with E-state index in [0.717, 1.165) is 0 Å². The molecule has 0 radical (unpaired) electrons. The third kappa shape index (κ3) is 6.06. The summed E-state index contributed by atoms with van der Waals surface area (Å²) < 4.78 is 0. The Morgan fingerprint density at radius 3 is 0.318 bits per heavy atom. The zero-order valence-corrected chi connectivity index (χ0v) is 51.0. The smallest absolute Gasteiger partial charge is 0.0316 e. The summed E-state index contributed by atoms with van der Waals surface area (Å²) in [4.78, 5) is 0. The molecule has 44 heavy (non-hydrogen) atoms. The second kappa shape index (κ2) is 12.3. The normalized spacial score (nSPS) is 17.3. The fourth-order valence-electron chi connectivity index (χ4n) is 16.4. The summed E-state index contributed by atoms with van der Waals surface area (Å²) in [5, 5.41) is 0. The molecule has 0 amide bonds. The van der Waals surface area contributed by atoms with Gasteiger partial charge < -0.3 is 0 Å². The maximum absolute atomic E-state index is 3.13. The molecule has 0 N–H and O–H groups in total. The minimum atomic E-state index is -1.54. The standard InChI is InChI=1S/C30H90Si14/c1-31(2,3)43(32(4,5)6,33(7,8)9)41(27,28)39(23,24)37(19,20)38(21,22)40(25,26)42(29,30)44(34(10,11)12,35(13,14)15)36(16,17)18/h1-30H3. The Hall–Kier alpha value is 3.04. The van der Waals surface area contributed by atoms with Crippen molar-refractivity contribution in [3.05, 3.63) is 0 Å². The van der Waals surface area contributed by atoms with E-state index in [1.807, 2.05) is 0 Å². The van der Waals surface area contributed by atoms with Gasteiger partial charge in [-0.05, 0) is 0 Å². The van der Waals surface area contributed by atoms with Crippen molar-refractivity contribution in [3.63, 3.8) is 0 Å². The van der Waals surface area contributed by atoms with E-state index in [0.29, 0.717) is 0 Å². The summed E-state index contributed by atoms with van der Waals surface area (Å²) >= 11 is 0. The third-order valence-electron chi connectivity index (χ3n) is 16.4. The van der Waals surface area contributed by atoms with Crippen LogP contribution in [0.5, 0.6) is 0 Å². The van der Waals surface area contributed by atoms with Crippen LogP contribution in [0.4, 0.5) is 0 Å². The monoisotopic (exact) mass is 842 g/mol. The fourth-order valence-corrected chi connectivity index (χ4v) is 667. The molecule has 0 heterocycles. The zero-order chi connectivity index (χ0) is 37.0. The van der Waals surface area contributed by atoms with Crippen LogP contribution in [-0.2, 0) is 0 Å². The predicted octanol–water partition coefficient (Wildman–Crippen LogP) is 12.2. The summed E-state index contributed by atoms with van der Waals surface area (Å²) in [6.45, 7) is 89.8. The van der Waals surface area contributed by atoms with Crippen LogP contribution in [-0.4, -0.2) is 100 Å². The Morgan fingerprint density at radius 2 is 0.227 bits per heavy atom. The summed E-state index contributed by atoms with van der Waals surface area (Å²) in [6.07, 6.45) is -2.91. The first-order valence-electron chi connectivity index (χ1n) is 18.2. The maximum Gasteiger partial charge on any atom is 0.0316 e. The molecule has 0 aliphatic heterocycles. The van der Waals surface area contributed by atoms with Crippen molar-refractivity contribution in [2.45, 2.75) is 196 Å². The second-order valence-electron chi connectivity index (χ2n) is 24.8.